The van der Waals surface area contributed by atoms with Gasteiger partial charge in [0.1, 0.15) is 24.9 Å². The minimum atomic E-state index is -4.26. The van der Waals surface area contributed by atoms with Crippen LogP contribution in [0.4, 0.5) is 0 Å². The summed E-state index contributed by atoms with van der Waals surface area (Å²) in [5.41, 5.74) is 6.12. The number of hydrogen-bond acceptors (Lipinski definition) is 5. The molecule has 9 nitrogen and oxygen atoms in total. The van der Waals surface area contributed by atoms with Crippen molar-refractivity contribution < 1.29 is 38.4 Å². The minimum absolute atomic E-state index is 0.0772. The van der Waals surface area contributed by atoms with Crippen LogP contribution in [-0.2, 0) is 20.3 Å². The van der Waals surface area contributed by atoms with E-state index in [-0.39, 0.29) is 18.8 Å². The van der Waals surface area contributed by atoms with Crippen LogP contribution < -0.4 is 5.73 Å². The van der Waals surface area contributed by atoms with Gasteiger partial charge in [-0.25, -0.2) is 4.57 Å². The van der Waals surface area contributed by atoms with Gasteiger partial charge < -0.3 is 30.2 Å². The third kappa shape index (κ3) is 13.0. The van der Waals surface area contributed by atoms with E-state index in [1.165, 1.54) is 12.1 Å². The summed E-state index contributed by atoms with van der Waals surface area (Å²) in [5.74, 6) is -0.860. The van der Waals surface area contributed by atoms with Crippen LogP contribution in [0.25, 0.3) is 0 Å². The van der Waals surface area contributed by atoms with Crippen LogP contribution in [0.3, 0.4) is 0 Å². The van der Waals surface area contributed by atoms with Crippen molar-refractivity contribution in [3.8, 4) is 5.75 Å². The Morgan fingerprint density at radius 3 is 2.12 bits per heavy atom. The first-order chi connectivity index (χ1) is 10.8. The highest BCUT2D eigenvalue weighted by Crippen LogP contribution is 2.35. The second kappa shape index (κ2) is 9.73. The average molecular weight is 365 g/mol. The number of phosphoric acid groups is 1. The van der Waals surface area contributed by atoms with Crippen molar-refractivity contribution in [3.63, 3.8) is 0 Å². The molecule has 1 atom stereocenters. The molecule has 10 heteroatoms. The van der Waals surface area contributed by atoms with E-state index in [2.05, 4.69) is 4.52 Å². The summed E-state index contributed by atoms with van der Waals surface area (Å²) in [6.45, 7) is 0.652. The van der Waals surface area contributed by atoms with E-state index in [4.69, 9.17) is 25.7 Å². The first kappa shape index (κ1) is 22.5. The second-order valence-electron chi connectivity index (χ2n) is 6.15. The molecule has 0 saturated heterocycles. The number of nitrogens with zero attached hydrogens (tertiary/aromatic N) is 1. The molecule has 0 fully saturated rings. The van der Waals surface area contributed by atoms with E-state index in [0.29, 0.717) is 11.0 Å². The molecular weight excluding hydrogens is 339 g/mol. The lowest BCUT2D eigenvalue weighted by molar-refractivity contribution is -0.870. The number of hydrogen-bond donors (Lipinski definition) is 5. The van der Waals surface area contributed by atoms with E-state index in [0.717, 1.165) is 5.56 Å². The van der Waals surface area contributed by atoms with E-state index < -0.39 is 19.8 Å². The number of aromatic hydroxyl groups is 1. The highest BCUT2D eigenvalue weighted by atomic mass is 31.2. The van der Waals surface area contributed by atoms with Crippen LogP contribution in [0, 0.1) is 0 Å². The zero-order chi connectivity index (χ0) is 19.0. The number of likely N-dealkylation sites (N-methyl/N-ethyl adjacent to an activating group) is 1. The number of quaternary nitrogens is 1. The minimum Gasteiger partial charge on any atom is -0.508 e. The third-order valence-corrected chi connectivity index (χ3v) is 3.25. The van der Waals surface area contributed by atoms with Gasteiger partial charge in [-0.1, -0.05) is 12.1 Å². The summed E-state index contributed by atoms with van der Waals surface area (Å²) in [6, 6.07) is 5.42. The number of aliphatic carboxylic acids is 1. The number of carbonyl (C=O) groups is 1. The van der Waals surface area contributed by atoms with Crippen LogP contribution in [-0.4, -0.2) is 70.8 Å². The molecule has 1 rings (SSSR count). The first-order valence-corrected chi connectivity index (χ1v) is 8.60. The fourth-order valence-corrected chi connectivity index (χ4v) is 1.73. The summed E-state index contributed by atoms with van der Waals surface area (Å²) in [4.78, 5) is 27.0. The van der Waals surface area contributed by atoms with Gasteiger partial charge in [0.25, 0.3) is 0 Å². The molecule has 0 aliphatic rings. The number of nitrogens with two attached hydrogens (primary N) is 1. The maximum absolute atomic E-state index is 10.4. The number of rotatable bonds is 7. The molecule has 0 amide bonds. The summed E-state index contributed by atoms with van der Waals surface area (Å²) in [7, 11) is 1.50. The number of phosphoric ester groups is 1. The highest BCUT2D eigenvalue weighted by Gasteiger charge is 2.16. The Hall–Kier alpha value is -1.48. The molecule has 138 valence electrons. The third-order valence-electron chi connectivity index (χ3n) is 2.73. The average Bonchev–Trinajstić information content (AvgIpc) is 2.39. The van der Waals surface area contributed by atoms with Gasteiger partial charge in [0.2, 0.25) is 0 Å². The Balaban J connectivity index is 0.000000449. The lowest BCUT2D eigenvalue weighted by atomic mass is 10.1. The number of carboxylic acids is 1. The Kier molecular flexibility index (Phi) is 9.13. The zero-order valence-electron chi connectivity index (χ0n) is 14.0. The predicted octanol–water partition coefficient (Wildman–Crippen LogP) is 0.149. The van der Waals surface area contributed by atoms with Crippen molar-refractivity contribution >= 4 is 13.8 Å². The molecule has 0 bridgehead atoms. The maximum Gasteiger partial charge on any atom is 0.469 e. The predicted molar refractivity (Wildman–Crippen MR) is 88.3 cm³/mol. The van der Waals surface area contributed by atoms with E-state index >= 15 is 0 Å². The molecule has 0 unspecified atom stereocenters. The van der Waals surface area contributed by atoms with Crippen LogP contribution >= 0.6 is 7.82 Å². The zero-order valence-corrected chi connectivity index (χ0v) is 14.9. The van der Waals surface area contributed by atoms with E-state index in [1.54, 1.807) is 12.1 Å². The molecule has 0 radical (unpaired) electrons. The first-order valence-electron chi connectivity index (χ1n) is 7.07. The van der Waals surface area contributed by atoms with Crippen molar-refractivity contribution in [1.82, 2.24) is 0 Å². The maximum atomic E-state index is 10.4. The van der Waals surface area contributed by atoms with Gasteiger partial charge in [0, 0.05) is 0 Å². The number of phenolic OH excluding ortho intramolecular Hbond substituents is 1. The van der Waals surface area contributed by atoms with Crippen LogP contribution in [0.15, 0.2) is 24.3 Å². The van der Waals surface area contributed by atoms with Crippen molar-refractivity contribution in [2.45, 2.75) is 12.5 Å². The second-order valence-corrected chi connectivity index (χ2v) is 7.39. The SMILES string of the molecule is C[N+](C)(C)CCOP(=O)(O)O.N[C@@H](Cc1ccc(O)cc1)C(=O)O. The molecule has 0 aromatic heterocycles. The number of carboxylic acid groups (broad SMARTS) is 1. The molecule has 0 aliphatic heterocycles. The Bertz CT molecular complexity index is 551. The summed E-state index contributed by atoms with van der Waals surface area (Å²) in [6.07, 6.45) is 0.273. The van der Waals surface area contributed by atoms with Crippen molar-refractivity contribution in [3.05, 3.63) is 29.8 Å². The van der Waals surface area contributed by atoms with Crippen LogP contribution in [0.2, 0.25) is 0 Å². The van der Waals surface area contributed by atoms with Gasteiger partial charge in [0.05, 0.1) is 21.1 Å². The highest BCUT2D eigenvalue weighted by molar-refractivity contribution is 7.46. The topological polar surface area (TPSA) is 150 Å². The molecule has 0 heterocycles. The van der Waals surface area contributed by atoms with Gasteiger partial charge in [-0.3, -0.25) is 9.32 Å². The summed E-state index contributed by atoms with van der Waals surface area (Å²) in [5, 5.41) is 17.5. The molecule has 1 aromatic carbocycles. The quantitative estimate of drug-likeness (QED) is 0.338. The lowest BCUT2D eigenvalue weighted by Gasteiger charge is -2.23. The fourth-order valence-electron chi connectivity index (χ4n) is 1.41. The van der Waals surface area contributed by atoms with Gasteiger partial charge in [0.15, 0.2) is 0 Å². The summed E-state index contributed by atoms with van der Waals surface area (Å²) < 4.78 is 15.1. The Morgan fingerprint density at radius 1 is 1.25 bits per heavy atom. The molecule has 24 heavy (non-hydrogen) atoms. The monoisotopic (exact) mass is 365 g/mol. The van der Waals surface area contributed by atoms with Crippen molar-refractivity contribution in [1.29, 1.82) is 0 Å². The molecule has 1 aromatic rings. The summed E-state index contributed by atoms with van der Waals surface area (Å²) >= 11 is 0. The molecule has 0 aliphatic carbocycles. The van der Waals surface area contributed by atoms with Crippen LogP contribution in [0.5, 0.6) is 5.75 Å². The van der Waals surface area contributed by atoms with Crippen molar-refractivity contribution in [2.75, 3.05) is 34.3 Å². The molecule has 0 saturated carbocycles. The van der Waals surface area contributed by atoms with Gasteiger partial charge in [-0.05, 0) is 24.1 Å². The smallest absolute Gasteiger partial charge is 0.469 e. The van der Waals surface area contributed by atoms with Crippen LogP contribution in [0.1, 0.15) is 5.56 Å². The normalized spacial score (nSPS) is 12.9. The standard InChI is InChI=1S/C9H11NO3.C5H14NO4P/c10-8(9(12)13)5-6-1-3-7(11)4-2-6;1-6(2,3)4-5-10-11(7,8)9/h1-4,8,11H,5,10H2,(H,12,13);4-5H2,1-3H3,(H-,7,8,9)/p+1/t8-;/m0./s1. The van der Waals surface area contributed by atoms with Gasteiger partial charge in [-0.15, -0.1) is 0 Å². The van der Waals surface area contributed by atoms with E-state index in [9.17, 15) is 9.36 Å². The number of phenols is 1. The van der Waals surface area contributed by atoms with Crippen molar-refractivity contribution in [2.24, 2.45) is 5.73 Å². The fraction of sp³-hybridized carbons (Fsp3) is 0.500. The molecule has 0 spiro atoms. The molecular formula is C14H26N2O7P+. The largest absolute Gasteiger partial charge is 0.508 e. The Labute approximate surface area is 141 Å². The lowest BCUT2D eigenvalue weighted by Crippen LogP contribution is -2.37. The van der Waals surface area contributed by atoms with E-state index in [1.807, 2.05) is 21.1 Å². The Morgan fingerprint density at radius 2 is 1.75 bits per heavy atom. The van der Waals surface area contributed by atoms with Gasteiger partial charge >= 0.3 is 13.8 Å². The molecule has 6 N–H and O–H groups in total. The number of benzene rings is 1. The van der Waals surface area contributed by atoms with Gasteiger partial charge in [-0.2, -0.15) is 0 Å².